The van der Waals surface area contributed by atoms with Gasteiger partial charge in [-0.2, -0.15) is 0 Å². The number of halogens is 3. The van der Waals surface area contributed by atoms with Gasteiger partial charge >= 0.3 is 5.97 Å². The lowest BCUT2D eigenvalue weighted by molar-refractivity contribution is 0.0463. The van der Waals surface area contributed by atoms with Crippen molar-refractivity contribution in [2.24, 2.45) is 4.99 Å². The van der Waals surface area contributed by atoms with Gasteiger partial charge in [0.1, 0.15) is 12.4 Å². The Morgan fingerprint density at radius 3 is 2.48 bits per heavy atom. The van der Waals surface area contributed by atoms with Gasteiger partial charge in [-0.3, -0.25) is 0 Å². The fraction of sp³-hybridized carbons (Fsp3) is 0.300. The second-order valence-corrected chi connectivity index (χ2v) is 6.17. The van der Waals surface area contributed by atoms with Crippen LogP contribution in [-0.4, -0.2) is 30.8 Å². The van der Waals surface area contributed by atoms with Crippen LogP contribution in [0, 0.1) is 31.3 Å². The summed E-state index contributed by atoms with van der Waals surface area (Å²) in [6.07, 6.45) is 1.69. The van der Waals surface area contributed by atoms with Crippen molar-refractivity contribution in [2.75, 3.05) is 13.6 Å². The first-order valence-corrected chi connectivity index (χ1v) is 8.39. The van der Waals surface area contributed by atoms with Gasteiger partial charge in [-0.05, 0) is 56.2 Å². The Bertz CT molecular complexity index is 882. The molecule has 0 fully saturated rings. The van der Waals surface area contributed by atoms with Gasteiger partial charge in [0.15, 0.2) is 11.6 Å². The van der Waals surface area contributed by atoms with Crippen LogP contribution in [0.15, 0.2) is 29.3 Å². The van der Waals surface area contributed by atoms with E-state index in [1.54, 1.807) is 32.3 Å². The molecular weight excluding hydrogens is 357 g/mol. The summed E-state index contributed by atoms with van der Waals surface area (Å²) < 4.78 is 45.5. The highest BCUT2D eigenvalue weighted by Gasteiger charge is 2.18. The molecule has 0 aliphatic carbocycles. The van der Waals surface area contributed by atoms with E-state index in [0.717, 1.165) is 18.2 Å². The van der Waals surface area contributed by atoms with E-state index in [1.807, 2.05) is 18.9 Å². The summed E-state index contributed by atoms with van der Waals surface area (Å²) in [5, 5.41) is 0. The first kappa shape index (κ1) is 20.5. The summed E-state index contributed by atoms with van der Waals surface area (Å²) in [6, 6.07) is 4.81. The molecule has 7 heteroatoms. The Morgan fingerprint density at radius 1 is 1.15 bits per heavy atom. The lowest BCUT2D eigenvalue weighted by Crippen LogP contribution is -2.14. The zero-order valence-electron chi connectivity index (χ0n) is 15.6. The lowest BCUT2D eigenvalue weighted by atomic mass is 10.0. The minimum atomic E-state index is -1.36. The molecular formula is C20H21F3N2O2. The number of aliphatic imine (C=N–C) groups is 1. The van der Waals surface area contributed by atoms with Crippen LogP contribution in [0.5, 0.6) is 0 Å². The van der Waals surface area contributed by atoms with Crippen LogP contribution < -0.4 is 0 Å². The van der Waals surface area contributed by atoms with Crippen LogP contribution in [0.4, 0.5) is 18.9 Å². The minimum absolute atomic E-state index is 0.257. The maximum atomic E-state index is 13.7. The van der Waals surface area contributed by atoms with Crippen molar-refractivity contribution in [1.82, 2.24) is 4.90 Å². The smallest absolute Gasteiger partial charge is 0.338 e. The largest absolute Gasteiger partial charge is 0.457 e. The molecule has 0 spiro atoms. The molecule has 0 bridgehead atoms. The highest BCUT2D eigenvalue weighted by atomic mass is 19.2. The van der Waals surface area contributed by atoms with Crippen molar-refractivity contribution in [2.45, 2.75) is 27.4 Å². The second-order valence-electron chi connectivity index (χ2n) is 6.17. The second kappa shape index (κ2) is 8.70. The molecule has 27 heavy (non-hydrogen) atoms. The number of carbonyl (C=O) groups excluding carboxylic acids is 1. The number of hydrogen-bond acceptors (Lipinski definition) is 3. The van der Waals surface area contributed by atoms with E-state index in [-0.39, 0.29) is 5.56 Å². The topological polar surface area (TPSA) is 41.9 Å². The van der Waals surface area contributed by atoms with E-state index in [2.05, 4.69) is 4.99 Å². The quantitative estimate of drug-likeness (QED) is 0.317. The number of benzene rings is 2. The third-order valence-corrected chi connectivity index (χ3v) is 4.14. The van der Waals surface area contributed by atoms with Crippen molar-refractivity contribution in [3.63, 3.8) is 0 Å². The fourth-order valence-electron chi connectivity index (χ4n) is 2.32. The number of ether oxygens (including phenoxy) is 1. The highest BCUT2D eigenvalue weighted by molar-refractivity contribution is 5.92. The maximum absolute atomic E-state index is 13.7. The van der Waals surface area contributed by atoms with Crippen LogP contribution in [0.25, 0.3) is 0 Å². The SMILES string of the molecule is CCN(C)/C=N/c1cc(C)c(C(=O)OCc2c(F)ccc(F)c2F)cc1C. The number of aryl methyl sites for hydroxylation is 2. The number of nitrogens with zero attached hydrogens (tertiary/aromatic N) is 2. The Kier molecular flexibility index (Phi) is 6.60. The van der Waals surface area contributed by atoms with Gasteiger partial charge in [-0.1, -0.05) is 0 Å². The van der Waals surface area contributed by atoms with Gasteiger partial charge in [0, 0.05) is 13.6 Å². The van der Waals surface area contributed by atoms with Gasteiger partial charge in [-0.15, -0.1) is 0 Å². The van der Waals surface area contributed by atoms with Gasteiger partial charge in [0.2, 0.25) is 0 Å². The molecule has 2 aromatic rings. The van der Waals surface area contributed by atoms with Crippen LogP contribution in [0.3, 0.4) is 0 Å². The first-order valence-electron chi connectivity index (χ1n) is 8.39. The molecule has 0 saturated heterocycles. The van der Waals surface area contributed by atoms with Crippen molar-refractivity contribution in [1.29, 1.82) is 0 Å². The van der Waals surface area contributed by atoms with E-state index in [0.29, 0.717) is 17.3 Å². The minimum Gasteiger partial charge on any atom is -0.457 e. The molecule has 4 nitrogen and oxygen atoms in total. The molecule has 0 saturated carbocycles. The van der Waals surface area contributed by atoms with E-state index in [4.69, 9.17) is 4.74 Å². The molecule has 0 amide bonds. The molecule has 0 aliphatic heterocycles. The van der Waals surface area contributed by atoms with Crippen molar-refractivity contribution < 1.29 is 22.7 Å². The third-order valence-electron chi connectivity index (χ3n) is 4.14. The summed E-state index contributed by atoms with van der Waals surface area (Å²) in [5.74, 6) is -4.28. The van der Waals surface area contributed by atoms with E-state index in [9.17, 15) is 18.0 Å². The first-order chi connectivity index (χ1) is 12.7. The van der Waals surface area contributed by atoms with Crippen LogP contribution in [0.2, 0.25) is 0 Å². The predicted molar refractivity (Wildman–Crippen MR) is 97.8 cm³/mol. The molecule has 2 rings (SSSR count). The van der Waals surface area contributed by atoms with Crippen molar-refractivity contribution in [3.8, 4) is 0 Å². The molecule has 0 unspecified atom stereocenters. The summed E-state index contributed by atoms with van der Waals surface area (Å²) in [7, 11) is 1.89. The summed E-state index contributed by atoms with van der Waals surface area (Å²) in [5.41, 5.74) is 1.69. The summed E-state index contributed by atoms with van der Waals surface area (Å²) in [4.78, 5) is 18.6. The normalized spacial score (nSPS) is 11.1. The van der Waals surface area contributed by atoms with Crippen LogP contribution in [0.1, 0.15) is 34.0 Å². The van der Waals surface area contributed by atoms with Gasteiger partial charge in [0.25, 0.3) is 0 Å². The van der Waals surface area contributed by atoms with Crippen LogP contribution >= 0.6 is 0 Å². The average molecular weight is 378 g/mol. The predicted octanol–water partition coefficient (Wildman–Crippen LogP) is 4.69. The fourth-order valence-corrected chi connectivity index (χ4v) is 2.32. The maximum Gasteiger partial charge on any atom is 0.338 e. The molecule has 0 atom stereocenters. The van der Waals surface area contributed by atoms with Crippen molar-refractivity contribution in [3.05, 3.63) is 64.0 Å². The molecule has 0 heterocycles. The molecule has 0 N–H and O–H groups in total. The monoisotopic (exact) mass is 378 g/mol. The van der Waals surface area contributed by atoms with Gasteiger partial charge in [-0.25, -0.2) is 23.0 Å². The average Bonchev–Trinajstić information content (AvgIpc) is 2.64. The Balaban J connectivity index is 2.19. The van der Waals surface area contributed by atoms with E-state index < -0.39 is 35.6 Å². The number of carbonyl (C=O) groups is 1. The number of hydrogen-bond donors (Lipinski definition) is 0. The molecule has 0 aliphatic rings. The molecule has 144 valence electrons. The number of rotatable bonds is 6. The lowest BCUT2D eigenvalue weighted by Gasteiger charge is -2.12. The van der Waals surface area contributed by atoms with Crippen LogP contribution in [-0.2, 0) is 11.3 Å². The van der Waals surface area contributed by atoms with E-state index in [1.165, 1.54) is 0 Å². The van der Waals surface area contributed by atoms with Gasteiger partial charge in [0.05, 0.1) is 23.2 Å². The number of esters is 1. The van der Waals surface area contributed by atoms with Gasteiger partial charge < -0.3 is 9.64 Å². The Hall–Kier alpha value is -2.83. The summed E-state index contributed by atoms with van der Waals surface area (Å²) >= 11 is 0. The Morgan fingerprint density at radius 2 is 1.81 bits per heavy atom. The molecule has 2 aromatic carbocycles. The summed E-state index contributed by atoms with van der Waals surface area (Å²) in [6.45, 7) is 5.60. The molecule has 0 aromatic heterocycles. The van der Waals surface area contributed by atoms with Crippen molar-refractivity contribution >= 4 is 18.0 Å². The zero-order valence-corrected chi connectivity index (χ0v) is 15.6. The standard InChI is InChI=1S/C20H21F3N2O2/c1-5-25(4)11-24-18-9-12(2)14(8-13(18)3)20(26)27-10-15-16(21)6-7-17(22)19(15)23/h6-9,11H,5,10H2,1-4H3/b24-11+. The third kappa shape index (κ3) is 4.87. The highest BCUT2D eigenvalue weighted by Crippen LogP contribution is 2.24. The molecule has 0 radical (unpaired) electrons. The van der Waals surface area contributed by atoms with E-state index >= 15 is 0 Å². The zero-order chi connectivity index (χ0) is 20.1. The Labute approximate surface area is 156 Å².